The van der Waals surface area contributed by atoms with Crippen LogP contribution in [0, 0.1) is 0 Å². The number of hydrogen-bond acceptors (Lipinski definition) is 2. The third-order valence-electron chi connectivity index (χ3n) is 6.79. The van der Waals surface area contributed by atoms with E-state index in [0.717, 1.165) is 24.5 Å². The van der Waals surface area contributed by atoms with Gasteiger partial charge in [-0.25, -0.2) is 0 Å². The molecule has 0 aliphatic carbocycles. The molecule has 0 spiro atoms. The number of anilines is 2. The molecular weight excluding hydrogens is 436 g/mol. The van der Waals surface area contributed by atoms with Gasteiger partial charge in [-0.15, -0.1) is 0 Å². The third-order valence-corrected chi connectivity index (χ3v) is 6.79. The minimum atomic E-state index is 0.800. The van der Waals surface area contributed by atoms with Crippen LogP contribution >= 0.6 is 0 Å². The monoisotopic (exact) mass is 464 g/mol. The molecule has 2 nitrogen and oxygen atoms in total. The van der Waals surface area contributed by atoms with Gasteiger partial charge in [-0.3, -0.25) is 0 Å². The molecule has 0 amide bonds. The number of hydrogen-bond donors (Lipinski definition) is 2. The van der Waals surface area contributed by atoms with Crippen LogP contribution in [-0.2, 0) is 13.1 Å². The zero-order valence-corrected chi connectivity index (χ0v) is 20.1. The lowest BCUT2D eigenvalue weighted by Gasteiger charge is -2.17. The van der Waals surface area contributed by atoms with Crippen molar-refractivity contribution in [3.8, 4) is 11.1 Å². The average Bonchev–Trinajstić information content (AvgIpc) is 2.96. The minimum Gasteiger partial charge on any atom is -0.380 e. The van der Waals surface area contributed by atoms with Crippen LogP contribution in [0.3, 0.4) is 0 Å². The zero-order valence-electron chi connectivity index (χ0n) is 20.1. The van der Waals surface area contributed by atoms with Gasteiger partial charge in [0, 0.05) is 35.2 Å². The molecule has 6 rings (SSSR count). The van der Waals surface area contributed by atoms with Crippen LogP contribution in [0.5, 0.6) is 0 Å². The van der Waals surface area contributed by atoms with E-state index in [4.69, 9.17) is 0 Å². The Morgan fingerprint density at radius 2 is 0.694 bits per heavy atom. The molecule has 0 saturated carbocycles. The maximum atomic E-state index is 3.65. The van der Waals surface area contributed by atoms with Crippen LogP contribution in [0.15, 0.2) is 133 Å². The Bertz CT molecular complexity index is 1500. The molecule has 0 unspecified atom stereocenters. The number of benzene rings is 6. The Labute approximate surface area is 212 Å². The highest BCUT2D eigenvalue weighted by atomic mass is 14.9. The van der Waals surface area contributed by atoms with Crippen molar-refractivity contribution in [2.75, 3.05) is 10.6 Å². The second-order valence-corrected chi connectivity index (χ2v) is 9.09. The highest BCUT2D eigenvalue weighted by molar-refractivity contribution is 6.11. The van der Waals surface area contributed by atoms with Crippen molar-refractivity contribution in [2.24, 2.45) is 0 Å². The number of fused-ring (bicyclic) bond motifs is 2. The molecule has 36 heavy (non-hydrogen) atoms. The van der Waals surface area contributed by atoms with Crippen LogP contribution in [0.1, 0.15) is 11.1 Å². The number of rotatable bonds is 7. The fourth-order valence-corrected chi connectivity index (χ4v) is 4.96. The van der Waals surface area contributed by atoms with E-state index in [0.29, 0.717) is 0 Å². The molecule has 0 aliphatic heterocycles. The van der Waals surface area contributed by atoms with Crippen molar-refractivity contribution in [2.45, 2.75) is 13.1 Å². The van der Waals surface area contributed by atoms with Crippen molar-refractivity contribution in [1.82, 2.24) is 0 Å². The van der Waals surface area contributed by atoms with Crippen LogP contribution in [-0.4, -0.2) is 0 Å². The predicted octanol–water partition coefficient (Wildman–Crippen LogP) is 8.88. The molecule has 0 heterocycles. The lowest BCUT2D eigenvalue weighted by molar-refractivity contribution is 1.15. The van der Waals surface area contributed by atoms with Gasteiger partial charge >= 0.3 is 0 Å². The van der Waals surface area contributed by atoms with E-state index in [1.807, 2.05) is 0 Å². The van der Waals surface area contributed by atoms with Gasteiger partial charge < -0.3 is 10.6 Å². The topological polar surface area (TPSA) is 24.1 Å². The Balaban J connectivity index is 1.38. The predicted molar refractivity (Wildman–Crippen MR) is 154 cm³/mol. The Morgan fingerprint density at radius 1 is 0.333 bits per heavy atom. The quantitative estimate of drug-likeness (QED) is 0.246. The molecule has 0 fully saturated rings. The van der Waals surface area contributed by atoms with Gasteiger partial charge in [-0.05, 0) is 45.2 Å². The van der Waals surface area contributed by atoms with E-state index in [1.54, 1.807) is 0 Å². The fraction of sp³-hybridized carbons (Fsp3) is 0.0588. The second kappa shape index (κ2) is 9.97. The zero-order chi connectivity index (χ0) is 24.2. The normalized spacial score (nSPS) is 11.0. The molecule has 174 valence electrons. The van der Waals surface area contributed by atoms with Crippen LogP contribution < -0.4 is 10.6 Å². The summed E-state index contributed by atoms with van der Waals surface area (Å²) in [5, 5.41) is 12.3. The molecule has 0 aliphatic rings. The fourth-order valence-electron chi connectivity index (χ4n) is 4.96. The molecule has 0 atom stereocenters. The smallest absolute Gasteiger partial charge is 0.0422 e. The van der Waals surface area contributed by atoms with E-state index in [9.17, 15) is 0 Å². The van der Waals surface area contributed by atoms with Gasteiger partial charge in [0.2, 0.25) is 0 Å². The van der Waals surface area contributed by atoms with Gasteiger partial charge in [-0.2, -0.15) is 0 Å². The molecule has 0 aromatic heterocycles. The van der Waals surface area contributed by atoms with Crippen molar-refractivity contribution < 1.29 is 0 Å². The van der Waals surface area contributed by atoms with Gasteiger partial charge in [0.05, 0.1) is 0 Å². The third kappa shape index (κ3) is 4.42. The van der Waals surface area contributed by atoms with E-state index < -0.39 is 0 Å². The van der Waals surface area contributed by atoms with Crippen molar-refractivity contribution in [3.63, 3.8) is 0 Å². The first kappa shape index (κ1) is 21.9. The van der Waals surface area contributed by atoms with E-state index in [1.165, 1.54) is 43.8 Å². The first-order valence-electron chi connectivity index (χ1n) is 12.5. The molecule has 2 heteroatoms. The summed E-state index contributed by atoms with van der Waals surface area (Å²) < 4.78 is 0. The summed E-state index contributed by atoms with van der Waals surface area (Å²) in [6.07, 6.45) is 0. The molecular formula is C34H28N2. The first-order valence-corrected chi connectivity index (χ1v) is 12.5. The Kier molecular flexibility index (Phi) is 6.08. The summed E-state index contributed by atoms with van der Waals surface area (Å²) >= 11 is 0. The summed E-state index contributed by atoms with van der Waals surface area (Å²) in [6, 6.07) is 47.4. The summed E-state index contributed by atoms with van der Waals surface area (Å²) in [7, 11) is 0. The Morgan fingerprint density at radius 3 is 1.11 bits per heavy atom. The second-order valence-electron chi connectivity index (χ2n) is 9.09. The van der Waals surface area contributed by atoms with Gasteiger partial charge in [0.25, 0.3) is 0 Å². The first-order chi connectivity index (χ1) is 17.9. The minimum absolute atomic E-state index is 0.800. The van der Waals surface area contributed by atoms with E-state index in [2.05, 4.69) is 144 Å². The van der Waals surface area contributed by atoms with Crippen molar-refractivity contribution >= 4 is 32.9 Å². The Hall–Kier alpha value is -4.56. The van der Waals surface area contributed by atoms with Crippen molar-refractivity contribution in [1.29, 1.82) is 0 Å². The summed E-state index contributed by atoms with van der Waals surface area (Å²) in [5.74, 6) is 0. The lowest BCUT2D eigenvalue weighted by atomic mass is 9.92. The summed E-state index contributed by atoms with van der Waals surface area (Å²) in [6.45, 7) is 1.60. The van der Waals surface area contributed by atoms with Gasteiger partial charge in [-0.1, -0.05) is 121 Å². The van der Waals surface area contributed by atoms with Crippen molar-refractivity contribution in [3.05, 3.63) is 145 Å². The average molecular weight is 465 g/mol. The highest BCUT2D eigenvalue weighted by Gasteiger charge is 2.12. The van der Waals surface area contributed by atoms with E-state index >= 15 is 0 Å². The molecule has 0 radical (unpaired) electrons. The molecule has 6 aromatic rings. The number of nitrogens with one attached hydrogen (secondary N) is 2. The van der Waals surface area contributed by atoms with Crippen LogP contribution in [0.2, 0.25) is 0 Å². The molecule has 0 saturated heterocycles. The lowest BCUT2D eigenvalue weighted by Crippen LogP contribution is -2.01. The molecule has 0 bridgehead atoms. The standard InChI is InChI=1S/C34H28N2/c1-3-11-25(12-4-1)23-35-33-21-19-29(27-15-7-9-17-31(27)33)30-20-22-34(32-18-10-8-16-28(30)32)36-24-26-13-5-2-6-14-26/h1-22,35-36H,23-24H2. The van der Waals surface area contributed by atoms with Gasteiger partial charge in [0.15, 0.2) is 0 Å². The largest absolute Gasteiger partial charge is 0.380 e. The highest BCUT2D eigenvalue weighted by Crippen LogP contribution is 2.39. The maximum Gasteiger partial charge on any atom is 0.0422 e. The maximum absolute atomic E-state index is 3.65. The molecule has 6 aromatic carbocycles. The van der Waals surface area contributed by atoms with Gasteiger partial charge in [0.1, 0.15) is 0 Å². The molecule has 2 N–H and O–H groups in total. The van der Waals surface area contributed by atoms with Crippen LogP contribution in [0.4, 0.5) is 11.4 Å². The van der Waals surface area contributed by atoms with E-state index in [-0.39, 0.29) is 0 Å². The van der Waals surface area contributed by atoms with Crippen LogP contribution in [0.25, 0.3) is 32.7 Å². The summed E-state index contributed by atoms with van der Waals surface area (Å²) in [4.78, 5) is 0. The summed E-state index contributed by atoms with van der Waals surface area (Å²) in [5.41, 5.74) is 7.36. The SMILES string of the molecule is c1ccc(CNc2ccc(-c3ccc(NCc4ccccc4)c4ccccc34)c3ccccc23)cc1.